The maximum Gasteiger partial charge on any atom is 0.110 e. The summed E-state index contributed by atoms with van der Waals surface area (Å²) < 4.78 is 5.44. The average molecular weight is 233 g/mol. The van der Waals surface area contributed by atoms with E-state index in [1.54, 1.807) is 6.26 Å². The fraction of sp³-hybridized carbons (Fsp3) is 0.429. The zero-order valence-corrected chi connectivity index (χ0v) is 9.88. The van der Waals surface area contributed by atoms with Gasteiger partial charge in [0.2, 0.25) is 0 Å². The summed E-state index contributed by atoms with van der Waals surface area (Å²) in [5, 5.41) is 13.2. The summed E-state index contributed by atoms with van der Waals surface area (Å²) in [5.74, 6) is 0. The first-order valence-electron chi connectivity index (χ1n) is 6.10. The molecule has 1 aromatic rings. The van der Waals surface area contributed by atoms with Crippen LogP contribution in [0.3, 0.4) is 0 Å². The van der Waals surface area contributed by atoms with Crippen molar-refractivity contribution in [3.63, 3.8) is 0 Å². The molecule has 0 aromatic heterocycles. The molecule has 2 rings (SSSR count). The third-order valence-corrected chi connectivity index (χ3v) is 2.92. The molecule has 0 amide bonds. The van der Waals surface area contributed by atoms with Gasteiger partial charge in [0, 0.05) is 13.1 Å². The Morgan fingerprint density at radius 1 is 1.35 bits per heavy atom. The van der Waals surface area contributed by atoms with Crippen LogP contribution in [0, 0.1) is 0 Å². The van der Waals surface area contributed by atoms with Crippen LogP contribution in [0.2, 0.25) is 0 Å². The van der Waals surface area contributed by atoms with Crippen LogP contribution in [-0.4, -0.2) is 24.3 Å². The van der Waals surface area contributed by atoms with Gasteiger partial charge in [0.15, 0.2) is 0 Å². The molecular formula is C14H19NO2. The van der Waals surface area contributed by atoms with E-state index in [1.807, 2.05) is 36.4 Å². The van der Waals surface area contributed by atoms with Crippen molar-refractivity contribution in [2.45, 2.75) is 25.0 Å². The molecule has 92 valence electrons. The van der Waals surface area contributed by atoms with E-state index < -0.39 is 6.10 Å². The summed E-state index contributed by atoms with van der Waals surface area (Å²) in [6, 6.07) is 9.70. The highest BCUT2D eigenvalue weighted by Gasteiger charge is 2.12. The Morgan fingerprint density at radius 2 is 2.18 bits per heavy atom. The van der Waals surface area contributed by atoms with E-state index in [1.165, 1.54) is 0 Å². The predicted molar refractivity (Wildman–Crippen MR) is 67.5 cm³/mol. The molecule has 3 nitrogen and oxygen atoms in total. The average Bonchev–Trinajstić information content (AvgIpc) is 2.41. The minimum absolute atomic E-state index is 0.239. The summed E-state index contributed by atoms with van der Waals surface area (Å²) in [4.78, 5) is 0. The number of aliphatic hydroxyl groups is 1. The van der Waals surface area contributed by atoms with E-state index in [-0.39, 0.29) is 6.10 Å². The van der Waals surface area contributed by atoms with Gasteiger partial charge in [0.05, 0.1) is 12.4 Å². The molecule has 17 heavy (non-hydrogen) atoms. The van der Waals surface area contributed by atoms with Gasteiger partial charge in [-0.15, -0.1) is 0 Å². The molecule has 0 radical (unpaired) electrons. The Morgan fingerprint density at radius 3 is 2.88 bits per heavy atom. The number of aliphatic hydroxyl groups excluding tert-OH is 1. The van der Waals surface area contributed by atoms with E-state index in [0.29, 0.717) is 6.54 Å². The summed E-state index contributed by atoms with van der Waals surface area (Å²) in [6.07, 6.45) is 5.72. The molecule has 0 fully saturated rings. The number of rotatable bonds is 5. The molecule has 0 aliphatic carbocycles. The summed E-state index contributed by atoms with van der Waals surface area (Å²) in [7, 11) is 0. The van der Waals surface area contributed by atoms with Gasteiger partial charge in [-0.25, -0.2) is 0 Å². The number of hydrogen-bond donors (Lipinski definition) is 2. The van der Waals surface area contributed by atoms with Crippen molar-refractivity contribution in [3.05, 3.63) is 48.2 Å². The Balaban J connectivity index is 1.70. The lowest BCUT2D eigenvalue weighted by Gasteiger charge is -2.20. The maximum atomic E-state index is 9.93. The molecule has 0 bridgehead atoms. The van der Waals surface area contributed by atoms with E-state index in [4.69, 9.17) is 4.74 Å². The molecule has 1 aliphatic heterocycles. The molecular weight excluding hydrogens is 214 g/mol. The minimum atomic E-state index is -0.449. The van der Waals surface area contributed by atoms with Crippen LogP contribution >= 0.6 is 0 Å². The first kappa shape index (κ1) is 12.1. The second-order valence-electron chi connectivity index (χ2n) is 4.29. The van der Waals surface area contributed by atoms with Gasteiger partial charge in [0.1, 0.15) is 6.10 Å². The van der Waals surface area contributed by atoms with Crippen LogP contribution in [0.25, 0.3) is 0 Å². The number of benzene rings is 1. The summed E-state index contributed by atoms with van der Waals surface area (Å²) in [5.41, 5.74) is 0.949. The highest BCUT2D eigenvalue weighted by Crippen LogP contribution is 2.12. The second-order valence-corrected chi connectivity index (χ2v) is 4.29. The molecule has 1 heterocycles. The van der Waals surface area contributed by atoms with E-state index in [2.05, 4.69) is 5.32 Å². The van der Waals surface area contributed by atoms with Crippen LogP contribution in [0.4, 0.5) is 0 Å². The molecule has 1 aliphatic rings. The highest BCUT2D eigenvalue weighted by molar-refractivity contribution is 5.17. The molecule has 1 aromatic carbocycles. The lowest BCUT2D eigenvalue weighted by molar-refractivity contribution is 0.113. The van der Waals surface area contributed by atoms with Gasteiger partial charge in [-0.3, -0.25) is 0 Å². The van der Waals surface area contributed by atoms with Crippen LogP contribution in [0.1, 0.15) is 24.5 Å². The number of allylic oxidation sites excluding steroid dienone is 1. The van der Waals surface area contributed by atoms with Gasteiger partial charge in [-0.1, -0.05) is 30.3 Å². The first-order valence-corrected chi connectivity index (χ1v) is 6.10. The van der Waals surface area contributed by atoms with Crippen LogP contribution in [-0.2, 0) is 4.74 Å². The van der Waals surface area contributed by atoms with Crippen molar-refractivity contribution in [1.82, 2.24) is 5.32 Å². The molecule has 0 saturated carbocycles. The standard InChI is InChI=1S/C14H19NO2/c16-14(12-6-2-1-3-7-12)11-15-10-13-8-4-5-9-17-13/h1-3,5-7,9,13-16H,4,8,10-11H2. The Labute approximate surface area is 102 Å². The van der Waals surface area contributed by atoms with Crippen LogP contribution in [0.5, 0.6) is 0 Å². The van der Waals surface area contributed by atoms with Crippen molar-refractivity contribution in [2.24, 2.45) is 0 Å². The van der Waals surface area contributed by atoms with Crippen molar-refractivity contribution < 1.29 is 9.84 Å². The lowest BCUT2D eigenvalue weighted by atomic mass is 10.1. The summed E-state index contributed by atoms with van der Waals surface area (Å²) in [6.45, 7) is 1.35. The number of ether oxygens (including phenoxy) is 1. The largest absolute Gasteiger partial charge is 0.497 e. The second kappa shape index (κ2) is 6.42. The monoisotopic (exact) mass is 233 g/mol. The number of hydrogen-bond acceptors (Lipinski definition) is 3. The normalized spacial score (nSPS) is 20.9. The lowest BCUT2D eigenvalue weighted by Crippen LogP contribution is -2.32. The van der Waals surface area contributed by atoms with Gasteiger partial charge in [-0.05, 0) is 24.5 Å². The van der Waals surface area contributed by atoms with Crippen LogP contribution in [0.15, 0.2) is 42.7 Å². The quantitative estimate of drug-likeness (QED) is 0.817. The molecule has 2 atom stereocenters. The van der Waals surface area contributed by atoms with Crippen molar-refractivity contribution >= 4 is 0 Å². The smallest absolute Gasteiger partial charge is 0.110 e. The molecule has 0 saturated heterocycles. The first-order chi connectivity index (χ1) is 8.36. The fourth-order valence-electron chi connectivity index (χ4n) is 1.91. The third-order valence-electron chi connectivity index (χ3n) is 2.92. The van der Waals surface area contributed by atoms with Gasteiger partial charge >= 0.3 is 0 Å². The predicted octanol–water partition coefficient (Wildman–Crippen LogP) is 2.00. The fourth-order valence-corrected chi connectivity index (χ4v) is 1.91. The van der Waals surface area contributed by atoms with E-state index >= 15 is 0 Å². The Kier molecular flexibility index (Phi) is 4.59. The topological polar surface area (TPSA) is 41.5 Å². The Hall–Kier alpha value is -1.32. The minimum Gasteiger partial charge on any atom is -0.497 e. The van der Waals surface area contributed by atoms with Crippen LogP contribution < -0.4 is 5.32 Å². The van der Waals surface area contributed by atoms with Crippen molar-refractivity contribution in [3.8, 4) is 0 Å². The SMILES string of the molecule is OC(CNCC1CCC=CO1)c1ccccc1. The van der Waals surface area contributed by atoms with Crippen molar-refractivity contribution in [1.29, 1.82) is 0 Å². The summed E-state index contributed by atoms with van der Waals surface area (Å²) >= 11 is 0. The zero-order chi connectivity index (χ0) is 11.9. The van der Waals surface area contributed by atoms with E-state index in [9.17, 15) is 5.11 Å². The molecule has 0 spiro atoms. The third kappa shape index (κ3) is 3.88. The molecule has 3 heteroatoms. The van der Waals surface area contributed by atoms with Gasteiger partial charge < -0.3 is 15.2 Å². The molecule has 2 unspecified atom stereocenters. The van der Waals surface area contributed by atoms with Gasteiger partial charge in [0.25, 0.3) is 0 Å². The number of nitrogens with one attached hydrogen (secondary N) is 1. The zero-order valence-electron chi connectivity index (χ0n) is 9.88. The van der Waals surface area contributed by atoms with Crippen molar-refractivity contribution in [2.75, 3.05) is 13.1 Å². The Bertz CT molecular complexity index is 350. The highest BCUT2D eigenvalue weighted by atomic mass is 16.5. The van der Waals surface area contributed by atoms with Gasteiger partial charge in [-0.2, -0.15) is 0 Å². The molecule has 2 N–H and O–H groups in total. The maximum absolute atomic E-state index is 9.93. The van der Waals surface area contributed by atoms with E-state index in [0.717, 1.165) is 24.9 Å².